The van der Waals surface area contributed by atoms with E-state index in [1.165, 1.54) is 18.4 Å². The first-order valence-electron chi connectivity index (χ1n) is 7.35. The van der Waals surface area contributed by atoms with Crippen LogP contribution in [0.25, 0.3) is 11.3 Å². The molecule has 2 aromatic carbocycles. The lowest BCUT2D eigenvalue weighted by Gasteiger charge is -2.08. The van der Waals surface area contributed by atoms with Crippen LogP contribution in [0.1, 0.15) is 10.4 Å². The van der Waals surface area contributed by atoms with E-state index in [2.05, 4.69) is 26.2 Å². The highest BCUT2D eigenvalue weighted by Gasteiger charge is 2.15. The molecule has 1 amide bonds. The van der Waals surface area contributed by atoms with E-state index in [0.717, 1.165) is 21.5 Å². The molecule has 1 aromatic heterocycles. The van der Waals surface area contributed by atoms with Crippen LogP contribution in [0.3, 0.4) is 0 Å². The zero-order valence-corrected chi connectivity index (χ0v) is 16.0. The van der Waals surface area contributed by atoms with Crippen LogP contribution in [-0.2, 0) is 0 Å². The molecular weight excluding hydrogens is 404 g/mol. The number of halogens is 1. The van der Waals surface area contributed by atoms with Crippen LogP contribution in [0.15, 0.2) is 52.3 Å². The van der Waals surface area contributed by atoms with Gasteiger partial charge in [-0.05, 0) is 42.5 Å². The van der Waals surface area contributed by atoms with Gasteiger partial charge in [0.2, 0.25) is 0 Å². The summed E-state index contributed by atoms with van der Waals surface area (Å²) in [6.45, 7) is 0. The Labute approximate surface area is 157 Å². The van der Waals surface area contributed by atoms with Gasteiger partial charge in [-0.2, -0.15) is 0 Å². The van der Waals surface area contributed by atoms with Crippen LogP contribution < -0.4 is 14.8 Å². The van der Waals surface area contributed by atoms with E-state index in [1.54, 1.807) is 19.2 Å². The second kappa shape index (κ2) is 7.67. The topological polar surface area (TPSA) is 60.5 Å². The number of hydrogen-bond donors (Lipinski definition) is 1. The minimum Gasteiger partial charge on any atom is -0.497 e. The normalized spacial score (nSPS) is 10.4. The predicted molar refractivity (Wildman–Crippen MR) is 103 cm³/mol. The number of benzene rings is 2. The van der Waals surface area contributed by atoms with E-state index in [4.69, 9.17) is 9.47 Å². The Bertz CT molecular complexity index is 894. The number of ether oxygens (including phenoxy) is 2. The van der Waals surface area contributed by atoms with Gasteiger partial charge in [-0.25, -0.2) is 4.98 Å². The average Bonchev–Trinajstić information content (AvgIpc) is 3.10. The maximum atomic E-state index is 12.5. The van der Waals surface area contributed by atoms with Gasteiger partial charge in [-0.1, -0.05) is 15.9 Å². The van der Waals surface area contributed by atoms with Gasteiger partial charge in [0, 0.05) is 15.4 Å². The molecule has 3 aromatic rings. The van der Waals surface area contributed by atoms with Crippen molar-refractivity contribution in [1.29, 1.82) is 0 Å². The number of nitrogens with one attached hydrogen (secondary N) is 1. The third-order valence-corrected chi connectivity index (χ3v) is 4.77. The number of rotatable bonds is 5. The molecule has 0 saturated carbocycles. The van der Waals surface area contributed by atoms with E-state index in [-0.39, 0.29) is 5.91 Å². The number of methoxy groups -OCH3 is 2. The van der Waals surface area contributed by atoms with Crippen molar-refractivity contribution in [3.05, 3.63) is 57.9 Å². The zero-order valence-electron chi connectivity index (χ0n) is 13.6. The molecule has 0 fully saturated rings. The number of aromatic nitrogens is 1. The number of nitrogens with zero attached hydrogens (tertiary/aromatic N) is 1. The number of carbonyl (C=O) groups is 1. The molecule has 1 N–H and O–H groups in total. The van der Waals surface area contributed by atoms with Gasteiger partial charge in [-0.3, -0.25) is 10.1 Å². The van der Waals surface area contributed by atoms with Crippen molar-refractivity contribution in [3.8, 4) is 22.8 Å². The van der Waals surface area contributed by atoms with E-state index < -0.39 is 0 Å². The Hall–Kier alpha value is -2.38. The molecule has 0 aliphatic carbocycles. The highest BCUT2D eigenvalue weighted by atomic mass is 79.9. The van der Waals surface area contributed by atoms with Crippen LogP contribution in [0, 0.1) is 0 Å². The lowest BCUT2D eigenvalue weighted by atomic mass is 10.2. The second-order valence-electron chi connectivity index (χ2n) is 5.07. The van der Waals surface area contributed by atoms with Crippen LogP contribution in [0.5, 0.6) is 11.5 Å². The molecule has 0 spiro atoms. The maximum Gasteiger partial charge on any atom is 0.261 e. The van der Waals surface area contributed by atoms with Gasteiger partial charge in [0.15, 0.2) is 5.13 Å². The number of anilines is 1. The molecular formula is C18H15BrN2O3S. The molecule has 128 valence electrons. The lowest BCUT2D eigenvalue weighted by Crippen LogP contribution is -2.13. The van der Waals surface area contributed by atoms with Crippen molar-refractivity contribution >= 4 is 38.3 Å². The molecule has 0 atom stereocenters. The molecule has 5 nitrogen and oxygen atoms in total. The van der Waals surface area contributed by atoms with Crippen molar-refractivity contribution in [3.63, 3.8) is 0 Å². The van der Waals surface area contributed by atoms with Crippen molar-refractivity contribution < 1.29 is 14.3 Å². The summed E-state index contributed by atoms with van der Waals surface area (Å²) in [7, 11) is 3.16. The molecule has 3 rings (SSSR count). The first kappa shape index (κ1) is 17.4. The summed E-state index contributed by atoms with van der Waals surface area (Å²) in [5, 5.41) is 5.24. The number of thiazole rings is 1. The molecule has 0 aliphatic heterocycles. The number of carbonyl (C=O) groups excluding carboxylic acids is 1. The largest absolute Gasteiger partial charge is 0.497 e. The molecule has 7 heteroatoms. The first-order chi connectivity index (χ1) is 12.1. The Kier molecular flexibility index (Phi) is 5.35. The first-order valence-corrected chi connectivity index (χ1v) is 9.03. The highest BCUT2D eigenvalue weighted by Crippen LogP contribution is 2.28. The molecule has 0 bridgehead atoms. The SMILES string of the molecule is COc1ccc(-c2csc(NC(=O)c3cc(Br)ccc3OC)n2)cc1. The fourth-order valence-electron chi connectivity index (χ4n) is 2.25. The van der Waals surface area contributed by atoms with Gasteiger partial charge >= 0.3 is 0 Å². The minimum atomic E-state index is -0.270. The van der Waals surface area contributed by atoms with Gasteiger partial charge < -0.3 is 9.47 Å². The summed E-state index contributed by atoms with van der Waals surface area (Å²) in [4.78, 5) is 17.0. The van der Waals surface area contributed by atoms with Crippen molar-refractivity contribution in [2.75, 3.05) is 19.5 Å². The van der Waals surface area contributed by atoms with Crippen LogP contribution >= 0.6 is 27.3 Å². The summed E-state index contributed by atoms with van der Waals surface area (Å²) in [6, 6.07) is 12.9. The molecule has 25 heavy (non-hydrogen) atoms. The Balaban J connectivity index is 1.79. The van der Waals surface area contributed by atoms with Crippen molar-refractivity contribution in [2.24, 2.45) is 0 Å². The molecule has 0 saturated heterocycles. The van der Waals surface area contributed by atoms with Crippen LogP contribution in [-0.4, -0.2) is 25.1 Å². The zero-order chi connectivity index (χ0) is 17.8. The second-order valence-corrected chi connectivity index (χ2v) is 6.84. The van der Waals surface area contributed by atoms with Gasteiger partial charge in [0.1, 0.15) is 11.5 Å². The summed E-state index contributed by atoms with van der Waals surface area (Å²) < 4.78 is 11.2. The van der Waals surface area contributed by atoms with Crippen molar-refractivity contribution in [2.45, 2.75) is 0 Å². The average molecular weight is 419 g/mol. The summed E-state index contributed by atoms with van der Waals surface area (Å²) >= 11 is 4.73. The molecule has 0 aliphatic rings. The van der Waals surface area contributed by atoms with Gasteiger partial charge in [0.25, 0.3) is 5.91 Å². The van der Waals surface area contributed by atoms with Gasteiger partial charge in [-0.15, -0.1) is 11.3 Å². The predicted octanol–water partition coefficient (Wildman–Crippen LogP) is 4.84. The molecule has 0 radical (unpaired) electrons. The Morgan fingerprint density at radius 2 is 1.88 bits per heavy atom. The van der Waals surface area contributed by atoms with Gasteiger partial charge in [0.05, 0.1) is 25.5 Å². The fourth-order valence-corrected chi connectivity index (χ4v) is 3.32. The van der Waals surface area contributed by atoms with E-state index in [0.29, 0.717) is 16.4 Å². The van der Waals surface area contributed by atoms with E-state index in [9.17, 15) is 4.79 Å². The van der Waals surface area contributed by atoms with E-state index in [1.807, 2.05) is 35.7 Å². The summed E-state index contributed by atoms with van der Waals surface area (Å²) in [5.41, 5.74) is 2.19. The molecule has 1 heterocycles. The lowest BCUT2D eigenvalue weighted by molar-refractivity contribution is 0.102. The summed E-state index contributed by atoms with van der Waals surface area (Å²) in [5.74, 6) is 1.02. The van der Waals surface area contributed by atoms with Crippen molar-refractivity contribution in [1.82, 2.24) is 4.98 Å². The van der Waals surface area contributed by atoms with E-state index >= 15 is 0 Å². The summed E-state index contributed by atoms with van der Waals surface area (Å²) in [6.07, 6.45) is 0. The van der Waals surface area contributed by atoms with Crippen LogP contribution in [0.4, 0.5) is 5.13 Å². The maximum absolute atomic E-state index is 12.5. The number of amides is 1. The Morgan fingerprint density at radius 1 is 1.12 bits per heavy atom. The standard InChI is InChI=1S/C18H15BrN2O3S/c1-23-13-6-3-11(4-7-13)15-10-25-18(20-15)21-17(22)14-9-12(19)5-8-16(14)24-2/h3-10H,1-2H3,(H,20,21,22). The Morgan fingerprint density at radius 3 is 2.56 bits per heavy atom. The van der Waals surface area contributed by atoms with Crippen LogP contribution in [0.2, 0.25) is 0 Å². The smallest absolute Gasteiger partial charge is 0.261 e. The highest BCUT2D eigenvalue weighted by molar-refractivity contribution is 9.10. The fraction of sp³-hybridized carbons (Fsp3) is 0.111. The number of hydrogen-bond acceptors (Lipinski definition) is 5. The third-order valence-electron chi connectivity index (χ3n) is 3.52. The minimum absolute atomic E-state index is 0.270. The quantitative estimate of drug-likeness (QED) is 0.643. The third kappa shape index (κ3) is 4.00. The monoisotopic (exact) mass is 418 g/mol. The molecule has 0 unspecified atom stereocenters.